The fourth-order valence-corrected chi connectivity index (χ4v) is 2.31. The Balaban J connectivity index is 2.35. The Kier molecular flexibility index (Phi) is 3.01. The molecule has 21 heavy (non-hydrogen) atoms. The Bertz CT molecular complexity index is 843. The van der Waals surface area contributed by atoms with Crippen LogP contribution >= 0.6 is 0 Å². The first-order valence-corrected chi connectivity index (χ1v) is 6.29. The number of methoxy groups -OCH3 is 1. The van der Waals surface area contributed by atoms with Gasteiger partial charge in [-0.1, -0.05) is 0 Å². The molecule has 0 saturated heterocycles. The van der Waals surface area contributed by atoms with E-state index >= 15 is 0 Å². The topological polar surface area (TPSA) is 53.1 Å². The van der Waals surface area contributed by atoms with Gasteiger partial charge in [0.25, 0.3) is 0 Å². The second-order valence-corrected chi connectivity index (χ2v) is 4.71. The lowest BCUT2D eigenvalue weighted by Gasteiger charge is -2.12. The van der Waals surface area contributed by atoms with Crippen LogP contribution in [0.3, 0.4) is 0 Å². The van der Waals surface area contributed by atoms with Crippen molar-refractivity contribution in [1.82, 2.24) is 9.55 Å². The van der Waals surface area contributed by atoms with Gasteiger partial charge < -0.3 is 10.5 Å². The van der Waals surface area contributed by atoms with E-state index in [-0.39, 0.29) is 11.8 Å². The zero-order valence-electron chi connectivity index (χ0n) is 11.5. The van der Waals surface area contributed by atoms with Crippen molar-refractivity contribution in [2.75, 3.05) is 12.8 Å². The third kappa shape index (κ3) is 2.08. The molecule has 0 radical (unpaired) electrons. The van der Waals surface area contributed by atoms with Crippen LogP contribution in [0.15, 0.2) is 30.3 Å². The van der Waals surface area contributed by atoms with Gasteiger partial charge in [-0.25, -0.2) is 13.8 Å². The molecule has 0 saturated carbocycles. The van der Waals surface area contributed by atoms with Gasteiger partial charge in [-0.3, -0.25) is 4.57 Å². The van der Waals surface area contributed by atoms with Gasteiger partial charge in [-0.15, -0.1) is 0 Å². The van der Waals surface area contributed by atoms with Gasteiger partial charge in [0.2, 0.25) is 5.95 Å². The Morgan fingerprint density at radius 2 is 1.95 bits per heavy atom. The summed E-state index contributed by atoms with van der Waals surface area (Å²) in [5.41, 5.74) is 8.02. The molecule has 0 spiro atoms. The number of benzene rings is 2. The van der Waals surface area contributed by atoms with E-state index < -0.39 is 5.82 Å². The van der Waals surface area contributed by atoms with Gasteiger partial charge in [-0.05, 0) is 30.7 Å². The van der Waals surface area contributed by atoms with E-state index in [4.69, 9.17) is 10.5 Å². The molecule has 0 aliphatic carbocycles. The van der Waals surface area contributed by atoms with E-state index in [1.54, 1.807) is 23.6 Å². The Morgan fingerprint density at radius 3 is 2.67 bits per heavy atom. The molecule has 1 heterocycles. The van der Waals surface area contributed by atoms with E-state index in [1.807, 2.05) is 0 Å². The summed E-state index contributed by atoms with van der Waals surface area (Å²) in [6.07, 6.45) is 0. The van der Waals surface area contributed by atoms with Gasteiger partial charge in [0.05, 0.1) is 23.8 Å². The third-order valence-corrected chi connectivity index (χ3v) is 3.34. The van der Waals surface area contributed by atoms with Crippen LogP contribution in [-0.2, 0) is 0 Å². The molecule has 3 rings (SSSR count). The number of anilines is 1. The van der Waals surface area contributed by atoms with E-state index in [0.717, 1.165) is 0 Å². The van der Waals surface area contributed by atoms with E-state index in [1.165, 1.54) is 25.3 Å². The summed E-state index contributed by atoms with van der Waals surface area (Å²) >= 11 is 0. The summed E-state index contributed by atoms with van der Waals surface area (Å²) in [6, 6.07) is 7.09. The Labute approximate surface area is 119 Å². The van der Waals surface area contributed by atoms with Gasteiger partial charge in [0.1, 0.15) is 17.4 Å². The average Bonchev–Trinajstić information content (AvgIpc) is 2.75. The molecule has 0 unspecified atom stereocenters. The molecule has 2 aromatic carbocycles. The summed E-state index contributed by atoms with van der Waals surface area (Å²) in [5.74, 6) is -0.262. The average molecular weight is 289 g/mol. The number of nitrogens with two attached hydrogens (primary N) is 1. The van der Waals surface area contributed by atoms with Crippen molar-refractivity contribution in [3.8, 4) is 11.4 Å². The second-order valence-electron chi connectivity index (χ2n) is 4.71. The maximum Gasteiger partial charge on any atom is 0.206 e. The van der Waals surface area contributed by atoms with Crippen molar-refractivity contribution in [2.24, 2.45) is 0 Å². The monoisotopic (exact) mass is 289 g/mol. The van der Waals surface area contributed by atoms with Crippen LogP contribution in [0.5, 0.6) is 5.75 Å². The predicted octanol–water partition coefficient (Wildman–Crippen LogP) is 3.20. The fourth-order valence-electron chi connectivity index (χ4n) is 2.31. The molecule has 4 nitrogen and oxygen atoms in total. The van der Waals surface area contributed by atoms with Crippen LogP contribution in [0.2, 0.25) is 0 Å². The summed E-state index contributed by atoms with van der Waals surface area (Å²) in [7, 11) is 1.44. The van der Waals surface area contributed by atoms with Crippen molar-refractivity contribution in [2.45, 2.75) is 6.92 Å². The van der Waals surface area contributed by atoms with E-state index in [0.29, 0.717) is 28.0 Å². The number of fused-ring (bicyclic) bond motifs is 1. The van der Waals surface area contributed by atoms with Crippen LogP contribution < -0.4 is 10.5 Å². The molecule has 1 aromatic heterocycles. The maximum atomic E-state index is 13.6. The molecule has 0 atom stereocenters. The first-order valence-electron chi connectivity index (χ1n) is 6.29. The highest BCUT2D eigenvalue weighted by Crippen LogP contribution is 2.31. The number of hydrogen-bond acceptors (Lipinski definition) is 3. The molecule has 108 valence electrons. The molecule has 0 fully saturated rings. The standard InChI is InChI=1S/C15H13F2N3O/c1-8-5-13-11(7-10(8)17)19-15(18)20(13)12-4-3-9(16)6-14(12)21-2/h3-7H,1-2H3,(H2,18,19). The maximum absolute atomic E-state index is 13.6. The lowest BCUT2D eigenvalue weighted by Crippen LogP contribution is -2.03. The van der Waals surface area contributed by atoms with Crippen LogP contribution in [-0.4, -0.2) is 16.7 Å². The summed E-state index contributed by atoms with van der Waals surface area (Å²) in [5, 5.41) is 0. The number of hydrogen-bond donors (Lipinski definition) is 1. The lowest BCUT2D eigenvalue weighted by molar-refractivity contribution is 0.410. The highest BCUT2D eigenvalue weighted by Gasteiger charge is 2.16. The van der Waals surface area contributed by atoms with Crippen molar-refractivity contribution in [3.63, 3.8) is 0 Å². The van der Waals surface area contributed by atoms with Crippen LogP contribution in [0.4, 0.5) is 14.7 Å². The number of halogens is 2. The highest BCUT2D eigenvalue weighted by molar-refractivity contribution is 5.82. The van der Waals surface area contributed by atoms with Gasteiger partial charge in [-0.2, -0.15) is 0 Å². The fraction of sp³-hybridized carbons (Fsp3) is 0.133. The van der Waals surface area contributed by atoms with Crippen LogP contribution in [0.1, 0.15) is 5.56 Å². The summed E-state index contributed by atoms with van der Waals surface area (Å²) < 4.78 is 33.7. The van der Waals surface area contributed by atoms with E-state index in [9.17, 15) is 8.78 Å². The zero-order valence-corrected chi connectivity index (χ0v) is 11.5. The number of rotatable bonds is 2. The molecule has 0 aliphatic rings. The Hall–Kier alpha value is -2.63. The quantitative estimate of drug-likeness (QED) is 0.788. The molecule has 6 heteroatoms. The lowest BCUT2D eigenvalue weighted by atomic mass is 10.2. The van der Waals surface area contributed by atoms with Crippen LogP contribution in [0.25, 0.3) is 16.7 Å². The second kappa shape index (κ2) is 4.73. The molecule has 0 aliphatic heterocycles. The number of nitrogen functional groups attached to an aromatic ring is 1. The summed E-state index contributed by atoms with van der Waals surface area (Å²) in [6.45, 7) is 1.66. The van der Waals surface area contributed by atoms with Gasteiger partial charge in [0, 0.05) is 12.1 Å². The molecule has 0 amide bonds. The van der Waals surface area contributed by atoms with Crippen molar-refractivity contribution >= 4 is 17.0 Å². The number of nitrogens with zero attached hydrogens (tertiary/aromatic N) is 2. The van der Waals surface area contributed by atoms with Crippen molar-refractivity contribution < 1.29 is 13.5 Å². The molecule has 3 aromatic rings. The Morgan fingerprint density at radius 1 is 1.19 bits per heavy atom. The number of imidazole rings is 1. The van der Waals surface area contributed by atoms with Crippen molar-refractivity contribution in [1.29, 1.82) is 0 Å². The number of ether oxygens (including phenoxy) is 1. The number of aromatic nitrogens is 2. The first-order chi connectivity index (χ1) is 10.0. The minimum Gasteiger partial charge on any atom is -0.494 e. The molecule has 0 bridgehead atoms. The number of aryl methyl sites for hydroxylation is 1. The normalized spacial score (nSPS) is 11.0. The van der Waals surface area contributed by atoms with Crippen LogP contribution in [0, 0.1) is 18.6 Å². The minimum atomic E-state index is -0.416. The largest absolute Gasteiger partial charge is 0.494 e. The minimum absolute atomic E-state index is 0.180. The molecular weight excluding hydrogens is 276 g/mol. The molecule has 2 N–H and O–H groups in total. The highest BCUT2D eigenvalue weighted by atomic mass is 19.1. The first kappa shape index (κ1) is 13.4. The van der Waals surface area contributed by atoms with Crippen molar-refractivity contribution in [3.05, 3.63) is 47.5 Å². The predicted molar refractivity (Wildman–Crippen MR) is 76.7 cm³/mol. The molecular formula is C15H13F2N3O. The van der Waals surface area contributed by atoms with Gasteiger partial charge in [0.15, 0.2) is 0 Å². The smallest absolute Gasteiger partial charge is 0.206 e. The zero-order chi connectivity index (χ0) is 15.1. The SMILES string of the molecule is COc1cc(F)ccc1-n1c(N)nc2cc(F)c(C)cc21. The third-order valence-electron chi connectivity index (χ3n) is 3.34. The summed E-state index contributed by atoms with van der Waals surface area (Å²) in [4.78, 5) is 4.14. The van der Waals surface area contributed by atoms with Gasteiger partial charge >= 0.3 is 0 Å². The van der Waals surface area contributed by atoms with E-state index in [2.05, 4.69) is 4.98 Å².